The second-order valence-electron chi connectivity index (χ2n) is 3.55. The highest BCUT2D eigenvalue weighted by molar-refractivity contribution is 6.12. The van der Waals surface area contributed by atoms with E-state index >= 15 is 0 Å². The molecule has 6 heteroatoms. The zero-order valence-electron chi connectivity index (χ0n) is 10.9. The Morgan fingerprint density at radius 2 is 1.95 bits per heavy atom. The molecule has 0 bridgehead atoms. The van der Waals surface area contributed by atoms with Crippen molar-refractivity contribution in [2.45, 2.75) is 13.1 Å². The van der Waals surface area contributed by atoms with Gasteiger partial charge in [-0.1, -0.05) is 0 Å². The molecule has 0 aliphatic rings. The van der Waals surface area contributed by atoms with Gasteiger partial charge in [0.15, 0.2) is 0 Å². The Hall–Kier alpha value is -2.11. The van der Waals surface area contributed by atoms with Gasteiger partial charge in [0, 0.05) is 6.07 Å². The van der Waals surface area contributed by atoms with Crippen molar-refractivity contribution in [3.05, 3.63) is 23.8 Å². The SMILES string of the molecule is CCOC(=O)C(F)C(=O)c1ccc(OC)cc1OC. The predicted octanol–water partition coefficient (Wildman–Crippen LogP) is 1.79. The molecule has 0 radical (unpaired) electrons. The zero-order valence-corrected chi connectivity index (χ0v) is 10.9. The summed E-state index contributed by atoms with van der Waals surface area (Å²) < 4.78 is 28.1. The van der Waals surface area contributed by atoms with Crippen molar-refractivity contribution in [3.8, 4) is 11.5 Å². The number of Topliss-reactive ketones (excluding diaryl/α,β-unsaturated/α-hetero) is 1. The van der Waals surface area contributed by atoms with E-state index in [9.17, 15) is 14.0 Å². The van der Waals surface area contributed by atoms with Crippen molar-refractivity contribution in [1.29, 1.82) is 0 Å². The van der Waals surface area contributed by atoms with Crippen LogP contribution in [0.2, 0.25) is 0 Å². The number of alkyl halides is 1. The molecule has 1 aromatic rings. The van der Waals surface area contributed by atoms with Gasteiger partial charge in [-0.2, -0.15) is 0 Å². The molecule has 104 valence electrons. The van der Waals surface area contributed by atoms with Crippen molar-refractivity contribution < 1.29 is 28.2 Å². The van der Waals surface area contributed by atoms with Crippen molar-refractivity contribution >= 4 is 11.8 Å². The van der Waals surface area contributed by atoms with E-state index in [2.05, 4.69) is 4.74 Å². The van der Waals surface area contributed by atoms with Crippen LogP contribution in [0.1, 0.15) is 17.3 Å². The van der Waals surface area contributed by atoms with Gasteiger partial charge in [0.1, 0.15) is 11.5 Å². The van der Waals surface area contributed by atoms with Crippen LogP contribution in [0.25, 0.3) is 0 Å². The first-order valence-corrected chi connectivity index (χ1v) is 5.62. The van der Waals surface area contributed by atoms with Gasteiger partial charge in [-0.25, -0.2) is 9.18 Å². The van der Waals surface area contributed by atoms with E-state index in [0.717, 1.165) is 0 Å². The number of rotatable bonds is 6. The Labute approximate surface area is 110 Å². The quantitative estimate of drug-likeness (QED) is 0.448. The maximum Gasteiger partial charge on any atom is 0.349 e. The highest BCUT2D eigenvalue weighted by Gasteiger charge is 2.30. The molecule has 0 aromatic heterocycles. The number of esters is 1. The van der Waals surface area contributed by atoms with Crippen LogP contribution in [0.15, 0.2) is 18.2 Å². The summed E-state index contributed by atoms with van der Waals surface area (Å²) in [6.45, 7) is 1.54. The van der Waals surface area contributed by atoms with Crippen LogP contribution in [0.3, 0.4) is 0 Å². The Kier molecular flexibility index (Phi) is 5.29. The van der Waals surface area contributed by atoms with Gasteiger partial charge < -0.3 is 14.2 Å². The van der Waals surface area contributed by atoms with E-state index in [1.807, 2.05) is 0 Å². The maximum atomic E-state index is 13.7. The van der Waals surface area contributed by atoms with Gasteiger partial charge in [0.05, 0.1) is 26.4 Å². The lowest BCUT2D eigenvalue weighted by molar-refractivity contribution is -0.147. The molecule has 0 spiro atoms. The van der Waals surface area contributed by atoms with Crippen LogP contribution < -0.4 is 9.47 Å². The third-order valence-electron chi connectivity index (χ3n) is 2.40. The van der Waals surface area contributed by atoms with E-state index in [0.29, 0.717) is 5.75 Å². The molecule has 1 unspecified atom stereocenters. The van der Waals surface area contributed by atoms with Gasteiger partial charge >= 0.3 is 5.97 Å². The Bertz CT molecular complexity index is 472. The molecule has 0 fully saturated rings. The van der Waals surface area contributed by atoms with Crippen molar-refractivity contribution in [1.82, 2.24) is 0 Å². The number of benzene rings is 1. The fourth-order valence-corrected chi connectivity index (χ4v) is 1.46. The zero-order chi connectivity index (χ0) is 14.4. The number of ether oxygens (including phenoxy) is 3. The van der Waals surface area contributed by atoms with Crippen LogP contribution in [0, 0.1) is 0 Å². The highest BCUT2D eigenvalue weighted by Crippen LogP contribution is 2.26. The van der Waals surface area contributed by atoms with Crippen LogP contribution >= 0.6 is 0 Å². The summed E-state index contributed by atoms with van der Waals surface area (Å²) in [7, 11) is 2.79. The molecule has 0 amide bonds. The normalized spacial score (nSPS) is 11.6. The van der Waals surface area contributed by atoms with Crippen molar-refractivity contribution in [2.24, 2.45) is 0 Å². The molecule has 5 nitrogen and oxygen atoms in total. The molecular weight excluding hydrogens is 255 g/mol. The van der Waals surface area contributed by atoms with Crippen LogP contribution in [0.5, 0.6) is 11.5 Å². The van der Waals surface area contributed by atoms with Crippen LogP contribution in [-0.2, 0) is 9.53 Å². The predicted molar refractivity (Wildman–Crippen MR) is 65.4 cm³/mol. The molecule has 1 atom stereocenters. The van der Waals surface area contributed by atoms with Gasteiger partial charge in [-0.05, 0) is 19.1 Å². The molecule has 0 N–H and O–H groups in total. The first-order valence-electron chi connectivity index (χ1n) is 5.62. The summed E-state index contributed by atoms with van der Waals surface area (Å²) in [4.78, 5) is 23.0. The molecule has 0 heterocycles. The van der Waals surface area contributed by atoms with E-state index in [-0.39, 0.29) is 17.9 Å². The number of hydrogen-bond donors (Lipinski definition) is 0. The number of carbonyl (C=O) groups is 2. The van der Waals surface area contributed by atoms with E-state index in [1.165, 1.54) is 39.3 Å². The minimum Gasteiger partial charge on any atom is -0.497 e. The summed E-state index contributed by atoms with van der Waals surface area (Å²) in [6.07, 6.45) is -2.36. The third-order valence-corrected chi connectivity index (χ3v) is 2.40. The summed E-state index contributed by atoms with van der Waals surface area (Å²) >= 11 is 0. The minimum absolute atomic E-state index is 0.00623. The lowest BCUT2D eigenvalue weighted by atomic mass is 10.1. The minimum atomic E-state index is -2.36. The van der Waals surface area contributed by atoms with Crippen molar-refractivity contribution in [2.75, 3.05) is 20.8 Å². The fourth-order valence-electron chi connectivity index (χ4n) is 1.46. The second kappa shape index (κ2) is 6.72. The van der Waals surface area contributed by atoms with Gasteiger partial charge in [0.2, 0.25) is 5.78 Å². The van der Waals surface area contributed by atoms with E-state index in [1.54, 1.807) is 0 Å². The number of halogens is 1. The summed E-state index contributed by atoms with van der Waals surface area (Å²) in [5.41, 5.74) is -0.0381. The molecule has 0 saturated carbocycles. The molecule has 19 heavy (non-hydrogen) atoms. The number of carbonyl (C=O) groups excluding carboxylic acids is 2. The molecule has 0 saturated heterocycles. The Morgan fingerprint density at radius 1 is 1.26 bits per heavy atom. The van der Waals surface area contributed by atoms with E-state index < -0.39 is 17.9 Å². The van der Waals surface area contributed by atoms with Gasteiger partial charge in [0.25, 0.3) is 6.17 Å². The molecule has 0 aliphatic carbocycles. The van der Waals surface area contributed by atoms with Crippen LogP contribution in [0.4, 0.5) is 4.39 Å². The molecule has 1 aromatic carbocycles. The standard InChI is InChI=1S/C13H15FO5/c1-4-19-13(16)11(14)12(15)9-6-5-8(17-2)7-10(9)18-3/h5-7,11H,4H2,1-3H3. The van der Waals surface area contributed by atoms with Crippen molar-refractivity contribution in [3.63, 3.8) is 0 Å². The smallest absolute Gasteiger partial charge is 0.349 e. The fraction of sp³-hybridized carbons (Fsp3) is 0.385. The average Bonchev–Trinajstić information content (AvgIpc) is 2.45. The first kappa shape index (κ1) is 14.9. The first-order chi connectivity index (χ1) is 9.04. The van der Waals surface area contributed by atoms with Gasteiger partial charge in [-0.15, -0.1) is 0 Å². The monoisotopic (exact) mass is 270 g/mol. The summed E-state index contributed by atoms with van der Waals surface area (Å²) in [5, 5.41) is 0. The average molecular weight is 270 g/mol. The lowest BCUT2D eigenvalue weighted by Gasteiger charge is -2.11. The second-order valence-corrected chi connectivity index (χ2v) is 3.55. The van der Waals surface area contributed by atoms with Gasteiger partial charge in [-0.3, -0.25) is 4.79 Å². The third kappa shape index (κ3) is 3.43. The summed E-state index contributed by atoms with van der Waals surface area (Å²) in [5.74, 6) is -1.61. The summed E-state index contributed by atoms with van der Waals surface area (Å²) in [6, 6.07) is 4.25. The van der Waals surface area contributed by atoms with Crippen LogP contribution in [-0.4, -0.2) is 38.8 Å². The number of ketones is 1. The highest BCUT2D eigenvalue weighted by atomic mass is 19.1. The number of methoxy groups -OCH3 is 2. The molecule has 0 aliphatic heterocycles. The number of hydrogen-bond acceptors (Lipinski definition) is 5. The molecule has 1 rings (SSSR count). The topological polar surface area (TPSA) is 61.8 Å². The Balaban J connectivity index is 3.02. The molecular formula is C13H15FO5. The largest absolute Gasteiger partial charge is 0.497 e. The lowest BCUT2D eigenvalue weighted by Crippen LogP contribution is -2.28. The van der Waals surface area contributed by atoms with E-state index in [4.69, 9.17) is 9.47 Å². The maximum absolute atomic E-state index is 13.7. The Morgan fingerprint density at radius 3 is 2.47 bits per heavy atom.